The minimum Gasteiger partial charge on any atom is -0.405 e. The lowest BCUT2D eigenvalue weighted by Crippen LogP contribution is -2.37. The Balaban J connectivity index is 1.86. The van der Waals surface area contributed by atoms with E-state index in [1.807, 2.05) is 20.0 Å². The van der Waals surface area contributed by atoms with Crippen LogP contribution in [-0.2, 0) is 10.0 Å². The number of hydrogen-bond acceptors (Lipinski definition) is 6. The molecule has 3 rings (SSSR count). The summed E-state index contributed by atoms with van der Waals surface area (Å²) >= 11 is 0. The van der Waals surface area contributed by atoms with Crippen LogP contribution in [0.15, 0.2) is 48.8 Å². The standard InChI is InChI=1S/C19H27BN6O2S/c1-3-14(5-4-8-21)12-22-18-11-17(24-19-16(20)13-23-26(18)19)15-6-9-25(10-7-15)29(2,27)28/h3-5,8,11,13,15,22H,1,6-7,9-10,12,20-21H2,2H3/b8-4-,14-5+. The van der Waals surface area contributed by atoms with Gasteiger partial charge < -0.3 is 11.1 Å². The van der Waals surface area contributed by atoms with Crippen LogP contribution in [-0.4, -0.2) is 61.1 Å². The van der Waals surface area contributed by atoms with Crippen molar-refractivity contribution in [2.45, 2.75) is 18.8 Å². The van der Waals surface area contributed by atoms with Crippen molar-refractivity contribution in [3.63, 3.8) is 0 Å². The predicted molar refractivity (Wildman–Crippen MR) is 120 cm³/mol. The van der Waals surface area contributed by atoms with Crippen molar-refractivity contribution < 1.29 is 8.42 Å². The van der Waals surface area contributed by atoms with Crippen LogP contribution in [0, 0.1) is 0 Å². The van der Waals surface area contributed by atoms with Crippen LogP contribution < -0.4 is 16.5 Å². The van der Waals surface area contributed by atoms with Crippen LogP contribution in [0.1, 0.15) is 24.5 Å². The fourth-order valence-corrected chi connectivity index (χ4v) is 4.35. The van der Waals surface area contributed by atoms with Crippen LogP contribution in [0.4, 0.5) is 5.82 Å². The number of anilines is 1. The summed E-state index contributed by atoms with van der Waals surface area (Å²) in [6.07, 6.45) is 11.5. The van der Waals surface area contributed by atoms with Gasteiger partial charge in [-0.05, 0) is 36.2 Å². The van der Waals surface area contributed by atoms with Crippen LogP contribution in [0.3, 0.4) is 0 Å². The van der Waals surface area contributed by atoms with E-state index in [1.165, 1.54) is 16.8 Å². The molecule has 1 saturated heterocycles. The smallest absolute Gasteiger partial charge is 0.211 e. The van der Waals surface area contributed by atoms with Gasteiger partial charge in [0.15, 0.2) is 5.65 Å². The topological polar surface area (TPSA) is 106 Å². The molecular formula is C19H27BN6O2S. The largest absolute Gasteiger partial charge is 0.405 e. The number of piperidine rings is 1. The van der Waals surface area contributed by atoms with Crippen molar-refractivity contribution in [1.82, 2.24) is 18.9 Å². The molecule has 8 nitrogen and oxygen atoms in total. The lowest BCUT2D eigenvalue weighted by molar-refractivity contribution is 0.318. The second-order valence-corrected chi connectivity index (χ2v) is 9.23. The second-order valence-electron chi connectivity index (χ2n) is 7.25. The Kier molecular flexibility index (Phi) is 6.44. The molecule has 3 heterocycles. The molecule has 0 unspecified atom stereocenters. The van der Waals surface area contributed by atoms with Crippen molar-refractivity contribution in [1.29, 1.82) is 0 Å². The lowest BCUT2D eigenvalue weighted by atomic mass is 9.94. The van der Waals surface area contributed by atoms with E-state index in [0.717, 1.165) is 41.0 Å². The molecule has 154 valence electrons. The van der Waals surface area contributed by atoms with Crippen molar-refractivity contribution >= 4 is 34.8 Å². The zero-order chi connectivity index (χ0) is 21.0. The van der Waals surface area contributed by atoms with Gasteiger partial charge >= 0.3 is 0 Å². The minimum atomic E-state index is -3.14. The van der Waals surface area contributed by atoms with E-state index in [1.54, 1.807) is 22.9 Å². The Hall–Kier alpha value is -2.59. The Morgan fingerprint density at radius 2 is 2.17 bits per heavy atom. The number of allylic oxidation sites excluding steroid dienone is 2. The molecule has 0 atom stereocenters. The number of nitrogens with two attached hydrogens (primary N) is 1. The number of aromatic nitrogens is 3. The lowest BCUT2D eigenvalue weighted by Gasteiger charge is -2.30. The van der Waals surface area contributed by atoms with E-state index in [9.17, 15) is 8.42 Å². The Morgan fingerprint density at radius 1 is 1.45 bits per heavy atom. The Labute approximate surface area is 172 Å². The van der Waals surface area contributed by atoms with Gasteiger partial charge in [0.1, 0.15) is 13.7 Å². The molecule has 3 N–H and O–H groups in total. The first-order valence-corrected chi connectivity index (χ1v) is 11.4. The molecule has 2 aromatic heterocycles. The zero-order valence-electron chi connectivity index (χ0n) is 16.9. The van der Waals surface area contributed by atoms with Gasteiger partial charge in [0.2, 0.25) is 10.0 Å². The van der Waals surface area contributed by atoms with E-state index < -0.39 is 10.0 Å². The van der Waals surface area contributed by atoms with Crippen molar-refractivity contribution in [2.75, 3.05) is 31.2 Å². The van der Waals surface area contributed by atoms with Gasteiger partial charge in [-0.15, -0.1) is 0 Å². The summed E-state index contributed by atoms with van der Waals surface area (Å²) < 4.78 is 26.9. The Morgan fingerprint density at radius 3 is 2.79 bits per heavy atom. The van der Waals surface area contributed by atoms with E-state index in [2.05, 4.69) is 17.0 Å². The Bertz CT molecular complexity index is 1050. The third kappa shape index (κ3) is 4.88. The first kappa shape index (κ1) is 21.1. The van der Waals surface area contributed by atoms with Gasteiger partial charge in [0, 0.05) is 43.5 Å². The van der Waals surface area contributed by atoms with Crippen LogP contribution >= 0.6 is 0 Å². The molecule has 10 heteroatoms. The number of sulfonamides is 1. The molecule has 2 aromatic rings. The summed E-state index contributed by atoms with van der Waals surface area (Å²) in [6, 6.07) is 2.01. The molecular weight excluding hydrogens is 387 g/mol. The summed E-state index contributed by atoms with van der Waals surface area (Å²) in [5, 5.41) is 7.85. The highest BCUT2D eigenvalue weighted by Gasteiger charge is 2.27. The monoisotopic (exact) mass is 414 g/mol. The molecule has 0 saturated carbocycles. The fraction of sp³-hybridized carbons (Fsp3) is 0.368. The molecule has 0 aliphatic carbocycles. The van der Waals surface area contributed by atoms with Gasteiger partial charge in [-0.25, -0.2) is 17.7 Å². The van der Waals surface area contributed by atoms with Gasteiger partial charge in [0.05, 0.1) is 6.26 Å². The highest BCUT2D eigenvalue weighted by atomic mass is 32.2. The third-order valence-corrected chi connectivity index (χ3v) is 6.47. The van der Waals surface area contributed by atoms with E-state index >= 15 is 0 Å². The maximum atomic E-state index is 11.8. The molecule has 29 heavy (non-hydrogen) atoms. The van der Waals surface area contributed by atoms with Gasteiger partial charge in [-0.3, -0.25) is 0 Å². The molecule has 1 aliphatic heterocycles. The predicted octanol–water partition coefficient (Wildman–Crippen LogP) is 0.123. The summed E-state index contributed by atoms with van der Waals surface area (Å²) in [6.45, 7) is 5.45. The molecule has 0 bridgehead atoms. The summed E-state index contributed by atoms with van der Waals surface area (Å²) in [4.78, 5) is 4.83. The zero-order valence-corrected chi connectivity index (χ0v) is 17.7. The van der Waals surface area contributed by atoms with Crippen LogP contribution in [0.2, 0.25) is 0 Å². The number of rotatable bonds is 7. The number of fused-ring (bicyclic) bond motifs is 1. The average Bonchev–Trinajstić information content (AvgIpc) is 3.08. The van der Waals surface area contributed by atoms with E-state index in [4.69, 9.17) is 10.7 Å². The van der Waals surface area contributed by atoms with Crippen molar-refractivity contribution in [3.8, 4) is 0 Å². The number of hydrogen-bond donors (Lipinski definition) is 2. The minimum absolute atomic E-state index is 0.211. The maximum absolute atomic E-state index is 11.8. The van der Waals surface area contributed by atoms with Crippen molar-refractivity contribution in [2.24, 2.45) is 5.73 Å². The fourth-order valence-electron chi connectivity index (χ4n) is 3.48. The molecule has 0 amide bonds. The molecule has 1 fully saturated rings. The van der Waals surface area contributed by atoms with E-state index in [0.29, 0.717) is 19.6 Å². The molecule has 0 radical (unpaired) electrons. The quantitative estimate of drug-likeness (QED) is 0.493. The molecule has 1 aliphatic rings. The summed E-state index contributed by atoms with van der Waals surface area (Å²) in [5.74, 6) is 1.05. The number of nitrogens with zero attached hydrogens (tertiary/aromatic N) is 4. The number of nitrogens with one attached hydrogen (secondary N) is 1. The van der Waals surface area contributed by atoms with Gasteiger partial charge in [-0.1, -0.05) is 18.7 Å². The average molecular weight is 414 g/mol. The van der Waals surface area contributed by atoms with E-state index in [-0.39, 0.29) is 5.92 Å². The van der Waals surface area contributed by atoms with Crippen LogP contribution in [0.5, 0.6) is 0 Å². The van der Waals surface area contributed by atoms with Crippen molar-refractivity contribution in [3.05, 3.63) is 54.5 Å². The molecule has 0 spiro atoms. The normalized spacial score (nSPS) is 17.2. The SMILES string of the molecule is Bc1cnn2c(NC/C(C=C)=C/C=C\N)cc(C3CCN(S(C)(=O)=O)CC3)nc12. The first-order valence-electron chi connectivity index (χ1n) is 9.57. The highest BCUT2D eigenvalue weighted by Crippen LogP contribution is 2.29. The van der Waals surface area contributed by atoms with Crippen LogP contribution in [0.25, 0.3) is 5.65 Å². The highest BCUT2D eigenvalue weighted by molar-refractivity contribution is 7.88. The first-order chi connectivity index (χ1) is 13.8. The third-order valence-electron chi connectivity index (χ3n) is 5.17. The summed E-state index contributed by atoms with van der Waals surface area (Å²) in [7, 11) is -1.16. The second kappa shape index (κ2) is 8.83. The van der Waals surface area contributed by atoms with Gasteiger partial charge in [0.25, 0.3) is 0 Å². The van der Waals surface area contributed by atoms with Gasteiger partial charge in [-0.2, -0.15) is 9.61 Å². The summed E-state index contributed by atoms with van der Waals surface area (Å²) in [5.41, 5.74) is 9.16. The maximum Gasteiger partial charge on any atom is 0.211 e. The molecule has 0 aromatic carbocycles.